The Kier molecular flexibility index (Phi) is 7.90. The Bertz CT molecular complexity index is 3560. The third kappa shape index (κ3) is 5.36. The normalized spacial score (nSPS) is 18.5. The van der Waals surface area contributed by atoms with Crippen molar-refractivity contribution < 1.29 is 4.42 Å². The summed E-state index contributed by atoms with van der Waals surface area (Å²) in [5, 5.41) is 6.34. The Balaban J connectivity index is 1.21. The molecule has 0 N–H and O–H groups in total. The van der Waals surface area contributed by atoms with Gasteiger partial charge in [0, 0.05) is 53.9 Å². The smallest absolute Gasteiger partial charge is 0.375 e. The number of nitrogens with zero attached hydrogens (tertiary/aromatic N) is 2. The SMILES string of the molecule is Cc1cc2c3c(c1)N(c1cc4c(cc1C)C(C)(C)CCC4(C)C)c1c(oc4cc5c(cc14)C(C)(C)CCC5(C)C)B3N(c1cccc3sc4ccccc4c13)c1ccc3ccccc3c1-2. The maximum absolute atomic E-state index is 7.73. The second-order valence-corrected chi connectivity index (χ2v) is 23.8. The molecule has 0 radical (unpaired) electrons. The highest BCUT2D eigenvalue weighted by Gasteiger charge is 2.51. The number of anilines is 5. The maximum atomic E-state index is 7.73. The summed E-state index contributed by atoms with van der Waals surface area (Å²) in [5.74, 6) is 0. The number of hydrogen-bond donors (Lipinski definition) is 0. The summed E-state index contributed by atoms with van der Waals surface area (Å²) in [6.45, 7) is 24.0. The standard InChI is InChI=1S/C60H57BN2OS/c1-34-28-40-52-37-17-12-11-16-36(37)22-23-46(52)63(45-19-15-21-51-53(45)38-18-13-14-20-50(38)65-51)61-54(40)48(29-34)62(47-32-43-41(30-35(47)2)57(3,4)24-26-59(43,7)8)55-39-31-42-44(33-49(39)64-56(55)61)60(9,10)27-25-58(42,5)6/h11-23,28-33H,24-27H2,1-10H3. The van der Waals surface area contributed by atoms with E-state index in [1.54, 1.807) is 0 Å². The van der Waals surface area contributed by atoms with Gasteiger partial charge in [0.05, 0.1) is 5.69 Å². The zero-order valence-corrected chi connectivity index (χ0v) is 40.4. The summed E-state index contributed by atoms with van der Waals surface area (Å²) in [5.41, 5.74) is 20.7. The average molecular weight is 865 g/mol. The Morgan fingerprint density at radius 1 is 0.538 bits per heavy atom. The first kappa shape index (κ1) is 39.6. The third-order valence-electron chi connectivity index (χ3n) is 16.7. The summed E-state index contributed by atoms with van der Waals surface area (Å²) in [6, 6.07) is 44.7. The molecule has 4 heterocycles. The molecule has 0 amide bonds. The lowest BCUT2D eigenvalue weighted by Crippen LogP contribution is -2.61. The summed E-state index contributed by atoms with van der Waals surface area (Å²) in [6.07, 6.45) is 4.66. The van der Waals surface area contributed by atoms with E-state index in [2.05, 4.69) is 194 Å². The van der Waals surface area contributed by atoms with E-state index in [1.165, 1.54) is 121 Å². The summed E-state index contributed by atoms with van der Waals surface area (Å²) < 4.78 is 10.3. The van der Waals surface area contributed by atoms with Crippen LogP contribution in [0.2, 0.25) is 0 Å². The third-order valence-corrected chi connectivity index (χ3v) is 17.8. The molecular weight excluding hydrogens is 808 g/mol. The molecular formula is C60H57BN2OS. The fourth-order valence-corrected chi connectivity index (χ4v) is 14.0. The van der Waals surface area contributed by atoms with Crippen molar-refractivity contribution in [1.29, 1.82) is 0 Å². The van der Waals surface area contributed by atoms with Gasteiger partial charge in [-0.1, -0.05) is 122 Å². The van der Waals surface area contributed by atoms with Crippen LogP contribution in [0.15, 0.2) is 120 Å². The summed E-state index contributed by atoms with van der Waals surface area (Å²) in [4.78, 5) is 5.35. The minimum atomic E-state index is -0.233. The molecule has 65 heavy (non-hydrogen) atoms. The maximum Gasteiger partial charge on any atom is 0.375 e. The minimum Gasteiger partial charge on any atom is -0.466 e. The largest absolute Gasteiger partial charge is 0.466 e. The van der Waals surface area contributed by atoms with Crippen LogP contribution in [0.25, 0.3) is 53.0 Å². The van der Waals surface area contributed by atoms with Crippen molar-refractivity contribution in [1.82, 2.24) is 0 Å². The molecule has 0 bridgehead atoms. The van der Waals surface area contributed by atoms with E-state index in [0.29, 0.717) is 0 Å². The van der Waals surface area contributed by atoms with Crippen molar-refractivity contribution in [2.45, 2.75) is 117 Å². The van der Waals surface area contributed by atoms with E-state index in [0.717, 1.165) is 30.5 Å². The van der Waals surface area contributed by atoms with E-state index in [1.807, 2.05) is 11.3 Å². The quantitative estimate of drug-likeness (QED) is 0.161. The van der Waals surface area contributed by atoms with Crippen LogP contribution >= 0.6 is 11.3 Å². The molecule has 0 saturated heterocycles. The number of aryl methyl sites for hydroxylation is 2. The van der Waals surface area contributed by atoms with Gasteiger partial charge in [-0.05, 0) is 165 Å². The van der Waals surface area contributed by atoms with Gasteiger partial charge in [0.25, 0.3) is 0 Å². The first-order valence-electron chi connectivity index (χ1n) is 24.0. The number of thiophene rings is 1. The van der Waals surface area contributed by atoms with Gasteiger partial charge < -0.3 is 14.1 Å². The molecule has 0 fully saturated rings. The molecule has 0 saturated carbocycles. The van der Waals surface area contributed by atoms with E-state index >= 15 is 0 Å². The van der Waals surface area contributed by atoms with Crippen molar-refractivity contribution >= 4 is 99.7 Å². The molecule has 2 aromatic heterocycles. The monoisotopic (exact) mass is 864 g/mol. The molecule has 3 nitrogen and oxygen atoms in total. The predicted molar refractivity (Wildman–Crippen MR) is 280 cm³/mol. The lowest BCUT2D eigenvalue weighted by molar-refractivity contribution is 0.332. The van der Waals surface area contributed by atoms with Crippen molar-refractivity contribution in [3.8, 4) is 11.1 Å². The highest BCUT2D eigenvalue weighted by molar-refractivity contribution is 7.26. The van der Waals surface area contributed by atoms with E-state index < -0.39 is 0 Å². The van der Waals surface area contributed by atoms with Crippen LogP contribution in [0, 0.1) is 13.8 Å². The lowest BCUT2D eigenvalue weighted by atomic mass is 9.45. The zero-order valence-electron chi connectivity index (χ0n) is 39.6. The molecule has 5 heteroatoms. The average Bonchev–Trinajstić information content (AvgIpc) is 3.85. The number of fused-ring (bicyclic) bond motifs is 13. The van der Waals surface area contributed by atoms with Gasteiger partial charge in [0.2, 0.25) is 0 Å². The van der Waals surface area contributed by atoms with Gasteiger partial charge in [-0.2, -0.15) is 0 Å². The first-order valence-corrected chi connectivity index (χ1v) is 24.8. The number of benzene rings is 7. The molecule has 7 aromatic carbocycles. The molecule has 4 aliphatic rings. The highest BCUT2D eigenvalue weighted by Crippen LogP contribution is 2.56. The van der Waals surface area contributed by atoms with Crippen molar-refractivity contribution in [2.75, 3.05) is 9.71 Å². The Hall–Kier alpha value is -5.78. The Morgan fingerprint density at radius 3 is 1.91 bits per heavy atom. The second-order valence-electron chi connectivity index (χ2n) is 22.7. The predicted octanol–water partition coefficient (Wildman–Crippen LogP) is 16.0. The van der Waals surface area contributed by atoms with E-state index in [9.17, 15) is 0 Å². The number of hydrogen-bond acceptors (Lipinski definition) is 4. The second kappa shape index (κ2) is 13.0. The molecule has 2 aliphatic carbocycles. The Labute approximate surface area is 388 Å². The van der Waals surface area contributed by atoms with E-state index in [-0.39, 0.29) is 28.5 Å². The molecule has 0 spiro atoms. The van der Waals surface area contributed by atoms with Crippen LogP contribution in [0.3, 0.4) is 0 Å². The molecule has 13 rings (SSSR count). The minimum absolute atomic E-state index is 0.0359. The van der Waals surface area contributed by atoms with Crippen LogP contribution in [-0.2, 0) is 21.7 Å². The van der Waals surface area contributed by atoms with Gasteiger partial charge in [-0.3, -0.25) is 0 Å². The number of furan rings is 1. The lowest BCUT2D eigenvalue weighted by Gasteiger charge is -2.46. The van der Waals surface area contributed by atoms with Gasteiger partial charge in [-0.25, -0.2) is 0 Å². The fourth-order valence-electron chi connectivity index (χ4n) is 12.8. The highest BCUT2D eigenvalue weighted by atomic mass is 32.1. The van der Waals surface area contributed by atoms with Crippen molar-refractivity contribution in [3.05, 3.63) is 149 Å². The summed E-state index contributed by atoms with van der Waals surface area (Å²) in [7, 11) is 0. The Morgan fingerprint density at radius 2 is 1.17 bits per heavy atom. The van der Waals surface area contributed by atoms with Gasteiger partial charge in [0.15, 0.2) is 0 Å². The van der Waals surface area contributed by atoms with Crippen LogP contribution < -0.4 is 20.8 Å². The molecule has 9 aromatic rings. The first-order chi connectivity index (χ1) is 31.0. The van der Waals surface area contributed by atoms with Crippen LogP contribution in [-0.4, -0.2) is 6.85 Å². The van der Waals surface area contributed by atoms with Crippen molar-refractivity contribution in [3.63, 3.8) is 0 Å². The fraction of sp³-hybridized carbons (Fsp3) is 0.300. The zero-order chi connectivity index (χ0) is 44.7. The van der Waals surface area contributed by atoms with E-state index in [4.69, 9.17) is 4.42 Å². The van der Waals surface area contributed by atoms with Crippen molar-refractivity contribution in [2.24, 2.45) is 0 Å². The van der Waals surface area contributed by atoms with Crippen LogP contribution in [0.5, 0.6) is 0 Å². The van der Waals surface area contributed by atoms with Crippen LogP contribution in [0.4, 0.5) is 28.4 Å². The molecule has 322 valence electrons. The molecule has 0 atom stereocenters. The topological polar surface area (TPSA) is 19.6 Å². The van der Waals surface area contributed by atoms with Gasteiger partial charge in [-0.15, -0.1) is 11.3 Å². The summed E-state index contributed by atoms with van der Waals surface area (Å²) >= 11 is 1.89. The molecule has 0 unspecified atom stereocenters. The molecule has 2 aliphatic heterocycles. The van der Waals surface area contributed by atoms with Gasteiger partial charge in [0.1, 0.15) is 11.2 Å². The van der Waals surface area contributed by atoms with Gasteiger partial charge >= 0.3 is 6.85 Å². The van der Waals surface area contributed by atoms with Crippen LogP contribution in [0.1, 0.15) is 114 Å². The number of rotatable bonds is 2.